The van der Waals surface area contributed by atoms with E-state index in [4.69, 9.17) is 4.74 Å². The van der Waals surface area contributed by atoms with E-state index in [1.165, 1.54) is 0 Å². The van der Waals surface area contributed by atoms with Gasteiger partial charge < -0.3 is 9.84 Å². The second-order valence-corrected chi connectivity index (χ2v) is 5.49. The van der Waals surface area contributed by atoms with Crippen LogP contribution in [0.4, 0.5) is 0 Å². The van der Waals surface area contributed by atoms with E-state index in [1.54, 1.807) is 10.9 Å². The number of nitrogens with zero attached hydrogens (tertiary/aromatic N) is 2. The molecule has 0 radical (unpaired) electrons. The van der Waals surface area contributed by atoms with Crippen molar-refractivity contribution in [2.24, 2.45) is 0 Å². The first kappa shape index (κ1) is 13.7. The molecule has 0 aromatic carbocycles. The van der Waals surface area contributed by atoms with E-state index in [-0.39, 0.29) is 12.2 Å². The van der Waals surface area contributed by atoms with Crippen LogP contribution in [0.2, 0.25) is 0 Å². The number of aliphatic hydroxyl groups excluding tert-OH is 1. The van der Waals surface area contributed by atoms with Gasteiger partial charge in [-0.2, -0.15) is 5.10 Å². The van der Waals surface area contributed by atoms with E-state index in [0.29, 0.717) is 0 Å². The van der Waals surface area contributed by atoms with Crippen LogP contribution in [-0.2, 0) is 11.3 Å². The van der Waals surface area contributed by atoms with Gasteiger partial charge >= 0.3 is 0 Å². The van der Waals surface area contributed by atoms with Gasteiger partial charge in [-0.15, -0.1) is 0 Å². The van der Waals surface area contributed by atoms with Crippen molar-refractivity contribution in [1.82, 2.24) is 9.78 Å². The normalized spacial score (nSPS) is 14.1. The summed E-state index contributed by atoms with van der Waals surface area (Å²) in [5.74, 6) is 0. The van der Waals surface area contributed by atoms with Crippen LogP contribution in [0.25, 0.3) is 0 Å². The average molecular weight is 291 g/mol. The van der Waals surface area contributed by atoms with Crippen LogP contribution in [0.1, 0.15) is 39.5 Å². The lowest BCUT2D eigenvalue weighted by molar-refractivity contribution is -0.0518. The zero-order valence-corrected chi connectivity index (χ0v) is 11.8. The largest absolute Gasteiger partial charge is 0.384 e. The molecule has 4 nitrogen and oxygen atoms in total. The molecule has 16 heavy (non-hydrogen) atoms. The topological polar surface area (TPSA) is 47.3 Å². The number of hydrogen-bond donors (Lipinski definition) is 1. The minimum atomic E-state index is -0.656. The molecule has 0 amide bonds. The van der Waals surface area contributed by atoms with Crippen LogP contribution < -0.4 is 0 Å². The first-order valence-electron chi connectivity index (χ1n) is 5.38. The molecule has 92 valence electrons. The predicted octanol–water partition coefficient (Wildman–Crippen LogP) is 2.51. The number of hydrogen-bond acceptors (Lipinski definition) is 3. The standard InChI is InChI=1S/C11H19BrN2O2/c1-5-14-10(8(12)6-13-14)9(15)7-16-11(2,3)4/h6,9,15H,5,7H2,1-4H3. The molecule has 1 N–H and O–H groups in total. The maximum absolute atomic E-state index is 10.0. The minimum absolute atomic E-state index is 0.246. The Morgan fingerprint density at radius 2 is 2.19 bits per heavy atom. The second-order valence-electron chi connectivity index (χ2n) is 4.63. The highest BCUT2D eigenvalue weighted by atomic mass is 79.9. The summed E-state index contributed by atoms with van der Waals surface area (Å²) in [6.07, 6.45) is 1.04. The average Bonchev–Trinajstić information content (AvgIpc) is 2.55. The van der Waals surface area contributed by atoms with Gasteiger partial charge in [0.05, 0.1) is 28.6 Å². The minimum Gasteiger partial charge on any atom is -0.384 e. The Kier molecular flexibility index (Phi) is 4.52. The molecule has 1 heterocycles. The van der Waals surface area contributed by atoms with Gasteiger partial charge in [0.25, 0.3) is 0 Å². The fourth-order valence-corrected chi connectivity index (χ4v) is 1.92. The van der Waals surface area contributed by atoms with Crippen molar-refractivity contribution in [3.63, 3.8) is 0 Å². The summed E-state index contributed by atoms with van der Waals surface area (Å²) in [4.78, 5) is 0. The lowest BCUT2D eigenvalue weighted by atomic mass is 10.2. The third-order valence-corrected chi connectivity index (χ3v) is 2.73. The van der Waals surface area contributed by atoms with Gasteiger partial charge in [0, 0.05) is 6.54 Å². The Morgan fingerprint density at radius 1 is 1.56 bits per heavy atom. The molecule has 0 aliphatic heterocycles. The lowest BCUT2D eigenvalue weighted by Gasteiger charge is -2.22. The summed E-state index contributed by atoms with van der Waals surface area (Å²) < 4.78 is 8.14. The second kappa shape index (κ2) is 5.29. The van der Waals surface area contributed by atoms with Crippen LogP contribution in [0.3, 0.4) is 0 Å². The highest BCUT2D eigenvalue weighted by molar-refractivity contribution is 9.10. The maximum Gasteiger partial charge on any atom is 0.120 e. The fraction of sp³-hybridized carbons (Fsp3) is 0.727. The Balaban J connectivity index is 2.72. The van der Waals surface area contributed by atoms with Gasteiger partial charge in [-0.05, 0) is 43.6 Å². The predicted molar refractivity (Wildman–Crippen MR) is 66.3 cm³/mol. The maximum atomic E-state index is 10.0. The van der Waals surface area contributed by atoms with E-state index in [1.807, 2.05) is 27.7 Å². The van der Waals surface area contributed by atoms with Gasteiger partial charge in [0.1, 0.15) is 6.10 Å². The van der Waals surface area contributed by atoms with Crippen LogP contribution in [-0.4, -0.2) is 27.1 Å². The Bertz CT molecular complexity index is 344. The molecule has 0 aliphatic carbocycles. The number of ether oxygens (including phenoxy) is 1. The number of rotatable bonds is 4. The molecule has 0 spiro atoms. The smallest absolute Gasteiger partial charge is 0.120 e. The third kappa shape index (κ3) is 3.57. The molecule has 1 unspecified atom stereocenters. The van der Waals surface area contributed by atoms with Crippen molar-refractivity contribution in [1.29, 1.82) is 0 Å². The van der Waals surface area contributed by atoms with E-state index >= 15 is 0 Å². The molecule has 1 rings (SSSR count). The van der Waals surface area contributed by atoms with Crippen molar-refractivity contribution >= 4 is 15.9 Å². The number of aliphatic hydroxyl groups is 1. The number of halogens is 1. The molecular weight excluding hydrogens is 272 g/mol. The first-order valence-corrected chi connectivity index (χ1v) is 6.17. The Labute approximate surface area is 105 Å². The third-order valence-electron chi connectivity index (χ3n) is 2.12. The van der Waals surface area contributed by atoms with Gasteiger partial charge in [0.15, 0.2) is 0 Å². The van der Waals surface area contributed by atoms with Crippen LogP contribution in [0, 0.1) is 0 Å². The summed E-state index contributed by atoms with van der Waals surface area (Å²) in [6.45, 7) is 8.88. The molecule has 1 aromatic heterocycles. The number of aromatic nitrogens is 2. The van der Waals surface area contributed by atoms with Gasteiger partial charge in [-0.3, -0.25) is 4.68 Å². The quantitative estimate of drug-likeness (QED) is 0.927. The summed E-state index contributed by atoms with van der Waals surface area (Å²) >= 11 is 3.38. The summed E-state index contributed by atoms with van der Waals surface area (Å²) in [6, 6.07) is 0. The van der Waals surface area contributed by atoms with Crippen molar-refractivity contribution in [3.8, 4) is 0 Å². The van der Waals surface area contributed by atoms with Gasteiger partial charge in [-0.25, -0.2) is 0 Å². The highest BCUT2D eigenvalue weighted by Crippen LogP contribution is 2.24. The van der Waals surface area contributed by atoms with Crippen LogP contribution >= 0.6 is 15.9 Å². The molecule has 0 bridgehead atoms. The zero-order valence-electron chi connectivity index (χ0n) is 10.2. The summed E-state index contributed by atoms with van der Waals surface area (Å²) in [5.41, 5.74) is 0.525. The molecular formula is C11H19BrN2O2. The van der Waals surface area contributed by atoms with E-state index in [9.17, 15) is 5.11 Å². The number of aryl methyl sites for hydroxylation is 1. The van der Waals surface area contributed by atoms with E-state index in [0.717, 1.165) is 16.7 Å². The summed E-state index contributed by atoms with van der Waals surface area (Å²) in [5, 5.41) is 14.2. The molecule has 1 aromatic rings. The Morgan fingerprint density at radius 3 is 2.69 bits per heavy atom. The Hall–Kier alpha value is -0.390. The molecule has 0 fully saturated rings. The van der Waals surface area contributed by atoms with E-state index < -0.39 is 6.10 Å². The van der Waals surface area contributed by atoms with E-state index in [2.05, 4.69) is 21.0 Å². The van der Waals surface area contributed by atoms with Gasteiger partial charge in [0.2, 0.25) is 0 Å². The SMILES string of the molecule is CCn1ncc(Br)c1C(O)COC(C)(C)C. The van der Waals surface area contributed by atoms with Crippen molar-refractivity contribution in [2.45, 2.75) is 45.9 Å². The molecule has 0 saturated carbocycles. The zero-order chi connectivity index (χ0) is 12.3. The first-order chi connectivity index (χ1) is 7.35. The fourth-order valence-electron chi connectivity index (χ4n) is 1.36. The monoisotopic (exact) mass is 290 g/mol. The van der Waals surface area contributed by atoms with Crippen LogP contribution in [0.5, 0.6) is 0 Å². The molecule has 1 atom stereocenters. The van der Waals surface area contributed by atoms with Crippen molar-refractivity contribution in [3.05, 3.63) is 16.4 Å². The molecule has 0 saturated heterocycles. The molecule has 5 heteroatoms. The lowest BCUT2D eigenvalue weighted by Crippen LogP contribution is -2.24. The highest BCUT2D eigenvalue weighted by Gasteiger charge is 2.20. The van der Waals surface area contributed by atoms with Crippen molar-refractivity contribution < 1.29 is 9.84 Å². The van der Waals surface area contributed by atoms with Crippen molar-refractivity contribution in [2.75, 3.05) is 6.61 Å². The van der Waals surface area contributed by atoms with Gasteiger partial charge in [-0.1, -0.05) is 0 Å². The molecule has 0 aliphatic rings. The van der Waals surface area contributed by atoms with Crippen LogP contribution in [0.15, 0.2) is 10.7 Å². The summed E-state index contributed by atoms with van der Waals surface area (Å²) in [7, 11) is 0.